The van der Waals surface area contributed by atoms with E-state index < -0.39 is 12.2 Å². The van der Waals surface area contributed by atoms with Crippen molar-refractivity contribution in [2.24, 2.45) is 0 Å². The Morgan fingerprint density at radius 2 is 1.95 bits per heavy atom. The molecule has 0 spiro atoms. The van der Waals surface area contributed by atoms with Crippen molar-refractivity contribution in [2.45, 2.75) is 32.5 Å². The molecule has 0 saturated carbocycles. The standard InChI is InChI=1S/C14H18ClNO4/c1-8(17)11-7-10(3-4-12(11)15)14(20)13(19)5-6-16-9(2)18/h3-4,7,13-14,19-20H,5-6H2,1-2H3,(H,16,18). The predicted octanol–water partition coefficient (Wildman–Crippen LogP) is 1.46. The maximum atomic E-state index is 11.4. The average molecular weight is 300 g/mol. The summed E-state index contributed by atoms with van der Waals surface area (Å²) in [5, 5.41) is 22.7. The number of aliphatic hydroxyl groups excluding tert-OH is 2. The van der Waals surface area contributed by atoms with Gasteiger partial charge in [0.25, 0.3) is 0 Å². The van der Waals surface area contributed by atoms with Crippen molar-refractivity contribution in [3.8, 4) is 0 Å². The molecule has 1 rings (SSSR count). The molecule has 20 heavy (non-hydrogen) atoms. The lowest BCUT2D eigenvalue weighted by Crippen LogP contribution is -2.27. The molecule has 0 aliphatic carbocycles. The van der Waals surface area contributed by atoms with Crippen molar-refractivity contribution in [3.05, 3.63) is 34.3 Å². The van der Waals surface area contributed by atoms with Gasteiger partial charge in [-0.25, -0.2) is 0 Å². The predicted molar refractivity (Wildman–Crippen MR) is 75.7 cm³/mol. The minimum Gasteiger partial charge on any atom is -0.390 e. The largest absolute Gasteiger partial charge is 0.390 e. The van der Waals surface area contributed by atoms with Crippen LogP contribution in [0, 0.1) is 0 Å². The third-order valence-corrected chi connectivity index (χ3v) is 3.22. The fraction of sp³-hybridized carbons (Fsp3) is 0.429. The first-order valence-corrected chi connectivity index (χ1v) is 6.61. The number of carbonyl (C=O) groups is 2. The number of benzene rings is 1. The minimum absolute atomic E-state index is 0.197. The summed E-state index contributed by atoms with van der Waals surface area (Å²) >= 11 is 5.88. The van der Waals surface area contributed by atoms with E-state index in [4.69, 9.17) is 11.6 Å². The maximum Gasteiger partial charge on any atom is 0.216 e. The van der Waals surface area contributed by atoms with Crippen molar-refractivity contribution >= 4 is 23.3 Å². The lowest BCUT2D eigenvalue weighted by Gasteiger charge is -2.19. The zero-order valence-electron chi connectivity index (χ0n) is 11.4. The second-order valence-electron chi connectivity index (χ2n) is 4.58. The molecule has 0 fully saturated rings. The van der Waals surface area contributed by atoms with Gasteiger partial charge in [-0.15, -0.1) is 0 Å². The van der Waals surface area contributed by atoms with Crippen molar-refractivity contribution < 1.29 is 19.8 Å². The molecule has 0 aliphatic rings. The van der Waals surface area contributed by atoms with Crippen LogP contribution in [0.15, 0.2) is 18.2 Å². The Hall–Kier alpha value is -1.43. The number of nitrogens with one attached hydrogen (secondary N) is 1. The van der Waals surface area contributed by atoms with Crippen LogP contribution in [0.2, 0.25) is 5.02 Å². The van der Waals surface area contributed by atoms with Gasteiger partial charge >= 0.3 is 0 Å². The van der Waals surface area contributed by atoms with E-state index in [1.54, 1.807) is 6.07 Å². The van der Waals surface area contributed by atoms with Crippen LogP contribution in [-0.4, -0.2) is 34.6 Å². The smallest absolute Gasteiger partial charge is 0.216 e. The van der Waals surface area contributed by atoms with E-state index in [1.807, 2.05) is 0 Å². The first-order valence-electron chi connectivity index (χ1n) is 6.24. The number of Topliss-reactive ketones (excluding diaryl/α,β-unsaturated/α-hetero) is 1. The molecule has 5 nitrogen and oxygen atoms in total. The molecule has 2 unspecified atom stereocenters. The van der Waals surface area contributed by atoms with Crippen molar-refractivity contribution in [1.29, 1.82) is 0 Å². The number of amides is 1. The maximum absolute atomic E-state index is 11.4. The van der Waals surface area contributed by atoms with E-state index in [0.29, 0.717) is 16.1 Å². The fourth-order valence-electron chi connectivity index (χ4n) is 1.77. The monoisotopic (exact) mass is 299 g/mol. The molecule has 6 heteroatoms. The molecule has 1 aromatic carbocycles. The highest BCUT2D eigenvalue weighted by Gasteiger charge is 2.19. The Morgan fingerprint density at radius 3 is 2.50 bits per heavy atom. The van der Waals surface area contributed by atoms with Crippen LogP contribution in [0.1, 0.15) is 42.3 Å². The molecule has 1 aromatic rings. The highest BCUT2D eigenvalue weighted by molar-refractivity contribution is 6.33. The molecule has 0 saturated heterocycles. The summed E-state index contributed by atoms with van der Waals surface area (Å²) in [6.07, 6.45) is -1.97. The van der Waals surface area contributed by atoms with Crippen LogP contribution >= 0.6 is 11.6 Å². The molecule has 0 radical (unpaired) electrons. The van der Waals surface area contributed by atoms with Gasteiger partial charge in [0, 0.05) is 19.0 Å². The average Bonchev–Trinajstić information content (AvgIpc) is 2.37. The quantitative estimate of drug-likeness (QED) is 0.694. The van der Waals surface area contributed by atoms with Gasteiger partial charge in [0.05, 0.1) is 11.1 Å². The molecule has 3 N–H and O–H groups in total. The summed E-state index contributed by atoms with van der Waals surface area (Å²) in [6.45, 7) is 3.02. The van der Waals surface area contributed by atoms with Gasteiger partial charge in [-0.05, 0) is 31.0 Å². The molecule has 2 atom stereocenters. The van der Waals surface area contributed by atoms with E-state index in [1.165, 1.54) is 26.0 Å². The Bertz CT molecular complexity index is 504. The van der Waals surface area contributed by atoms with E-state index >= 15 is 0 Å². The number of halogens is 1. The van der Waals surface area contributed by atoms with Gasteiger partial charge in [-0.1, -0.05) is 17.7 Å². The Labute approximate surface area is 122 Å². The van der Waals surface area contributed by atoms with Crippen molar-refractivity contribution in [3.63, 3.8) is 0 Å². The van der Waals surface area contributed by atoms with Gasteiger partial charge < -0.3 is 15.5 Å². The summed E-state index contributed by atoms with van der Waals surface area (Å²) in [5.41, 5.74) is 0.715. The summed E-state index contributed by atoms with van der Waals surface area (Å²) in [5.74, 6) is -0.408. The molecule has 0 bridgehead atoms. The molecular formula is C14H18ClNO4. The number of aliphatic hydroxyl groups is 2. The van der Waals surface area contributed by atoms with Gasteiger partial charge in [0.15, 0.2) is 5.78 Å². The first-order chi connectivity index (χ1) is 9.32. The summed E-state index contributed by atoms with van der Waals surface area (Å²) in [6, 6.07) is 4.54. The van der Waals surface area contributed by atoms with Gasteiger partial charge in [0.1, 0.15) is 6.10 Å². The molecule has 1 amide bonds. The summed E-state index contributed by atoms with van der Waals surface area (Å²) in [4.78, 5) is 22.1. The molecule has 0 aromatic heterocycles. The summed E-state index contributed by atoms with van der Waals surface area (Å²) < 4.78 is 0. The van der Waals surface area contributed by atoms with Crippen molar-refractivity contribution in [1.82, 2.24) is 5.32 Å². The molecule has 110 valence electrons. The van der Waals surface area contributed by atoms with E-state index in [9.17, 15) is 19.8 Å². The third-order valence-electron chi connectivity index (χ3n) is 2.89. The zero-order chi connectivity index (χ0) is 15.3. The van der Waals surface area contributed by atoms with E-state index in [2.05, 4.69) is 5.32 Å². The number of hydrogen-bond donors (Lipinski definition) is 3. The second-order valence-corrected chi connectivity index (χ2v) is 4.99. The fourth-order valence-corrected chi connectivity index (χ4v) is 2.02. The van der Waals surface area contributed by atoms with Gasteiger partial charge in [-0.2, -0.15) is 0 Å². The highest BCUT2D eigenvalue weighted by Crippen LogP contribution is 2.24. The SMILES string of the molecule is CC(=O)NCCC(O)C(O)c1ccc(Cl)c(C(C)=O)c1. The Morgan fingerprint density at radius 1 is 1.30 bits per heavy atom. The highest BCUT2D eigenvalue weighted by atomic mass is 35.5. The lowest BCUT2D eigenvalue weighted by atomic mass is 9.99. The third kappa shape index (κ3) is 4.59. The number of ketones is 1. The van der Waals surface area contributed by atoms with E-state index in [0.717, 1.165) is 0 Å². The van der Waals surface area contributed by atoms with Crippen LogP contribution in [0.3, 0.4) is 0 Å². The Kier molecular flexibility index (Phi) is 6.13. The van der Waals surface area contributed by atoms with Crippen LogP contribution in [0.4, 0.5) is 0 Å². The van der Waals surface area contributed by atoms with E-state index in [-0.39, 0.29) is 24.7 Å². The number of hydrogen-bond acceptors (Lipinski definition) is 4. The topological polar surface area (TPSA) is 86.6 Å². The first kappa shape index (κ1) is 16.6. The van der Waals surface area contributed by atoms with Crippen LogP contribution in [-0.2, 0) is 4.79 Å². The minimum atomic E-state index is -1.14. The second kappa shape index (κ2) is 7.38. The zero-order valence-corrected chi connectivity index (χ0v) is 12.1. The van der Waals surface area contributed by atoms with Crippen LogP contribution in [0.25, 0.3) is 0 Å². The van der Waals surface area contributed by atoms with Gasteiger partial charge in [0.2, 0.25) is 5.91 Å². The Balaban J connectivity index is 2.76. The molecule has 0 aliphatic heterocycles. The normalized spacial score (nSPS) is 13.7. The van der Waals surface area contributed by atoms with Crippen LogP contribution in [0.5, 0.6) is 0 Å². The summed E-state index contributed by atoms with van der Waals surface area (Å²) in [7, 11) is 0. The molecule has 0 heterocycles. The van der Waals surface area contributed by atoms with Crippen LogP contribution < -0.4 is 5.32 Å². The molecular weight excluding hydrogens is 282 g/mol. The van der Waals surface area contributed by atoms with Crippen molar-refractivity contribution in [2.75, 3.05) is 6.54 Å². The number of rotatable bonds is 6. The van der Waals surface area contributed by atoms with Gasteiger partial charge in [-0.3, -0.25) is 9.59 Å². The number of carbonyl (C=O) groups excluding carboxylic acids is 2. The lowest BCUT2D eigenvalue weighted by molar-refractivity contribution is -0.119.